The number of likely N-dealkylation sites (tertiary alicyclic amines) is 1. The molecular formula is C21H25BrClNO2S. The topological polar surface area (TPSA) is 32.7 Å². The molecule has 3 nitrogen and oxygen atoms in total. The Morgan fingerprint density at radius 1 is 1.26 bits per heavy atom. The van der Waals surface area contributed by atoms with Gasteiger partial charge in [-0.15, -0.1) is 11.8 Å². The number of halogens is 2. The molecule has 1 unspecified atom stereocenters. The van der Waals surface area contributed by atoms with Gasteiger partial charge in [-0.05, 0) is 49.2 Å². The second kappa shape index (κ2) is 10.2. The van der Waals surface area contributed by atoms with Crippen molar-refractivity contribution in [2.75, 3.05) is 20.3 Å². The lowest BCUT2D eigenvalue weighted by Gasteiger charge is -2.35. The van der Waals surface area contributed by atoms with Gasteiger partial charge in [-0.3, -0.25) is 4.90 Å². The van der Waals surface area contributed by atoms with Crippen LogP contribution >= 0.6 is 39.3 Å². The van der Waals surface area contributed by atoms with Crippen molar-refractivity contribution in [2.24, 2.45) is 0 Å². The lowest BCUT2D eigenvalue weighted by Crippen LogP contribution is -2.41. The molecule has 0 saturated carbocycles. The van der Waals surface area contributed by atoms with Crippen molar-refractivity contribution in [1.29, 1.82) is 0 Å². The van der Waals surface area contributed by atoms with E-state index in [0.717, 1.165) is 51.0 Å². The molecule has 0 radical (unpaired) electrons. The highest BCUT2D eigenvalue weighted by Crippen LogP contribution is 2.37. The summed E-state index contributed by atoms with van der Waals surface area (Å²) in [6, 6.07) is 12.4. The number of nitrogens with zero attached hydrogens (tertiary/aromatic N) is 1. The fraction of sp³-hybridized carbons (Fsp3) is 0.429. The van der Waals surface area contributed by atoms with Crippen LogP contribution in [0.15, 0.2) is 45.8 Å². The first-order valence-corrected chi connectivity index (χ1v) is 11.4. The number of methoxy groups -OCH3 is 1. The molecule has 1 atom stereocenters. The summed E-state index contributed by atoms with van der Waals surface area (Å²) in [4.78, 5) is 3.50. The van der Waals surface area contributed by atoms with E-state index in [1.807, 2.05) is 24.3 Å². The van der Waals surface area contributed by atoms with Gasteiger partial charge in [0, 0.05) is 33.3 Å². The Morgan fingerprint density at radius 2 is 2.11 bits per heavy atom. The molecule has 0 aliphatic carbocycles. The third-order valence-corrected chi connectivity index (χ3v) is 7.14. The molecule has 3 rings (SSSR count). The number of ether oxygens (including phenoxy) is 1. The molecule has 2 aromatic rings. The number of benzene rings is 2. The highest BCUT2D eigenvalue weighted by atomic mass is 79.9. The van der Waals surface area contributed by atoms with Crippen LogP contribution < -0.4 is 4.74 Å². The van der Waals surface area contributed by atoms with Crippen molar-refractivity contribution in [3.8, 4) is 5.75 Å². The average Bonchev–Trinajstić information content (AvgIpc) is 2.68. The van der Waals surface area contributed by atoms with Crippen molar-refractivity contribution in [2.45, 2.75) is 42.5 Å². The quantitative estimate of drug-likeness (QED) is 0.522. The van der Waals surface area contributed by atoms with E-state index in [0.29, 0.717) is 0 Å². The fourth-order valence-corrected chi connectivity index (χ4v) is 5.36. The van der Waals surface area contributed by atoms with Crippen LogP contribution in [0.2, 0.25) is 5.02 Å². The van der Waals surface area contributed by atoms with E-state index in [-0.39, 0.29) is 12.6 Å². The minimum Gasteiger partial charge on any atom is -0.496 e. The number of hydrogen-bond acceptors (Lipinski definition) is 4. The molecule has 1 saturated heterocycles. The number of hydrogen-bond donors (Lipinski definition) is 1. The Morgan fingerprint density at radius 3 is 2.89 bits per heavy atom. The zero-order chi connectivity index (χ0) is 19.2. The Hall–Kier alpha value is -0.720. The zero-order valence-electron chi connectivity index (χ0n) is 15.5. The second-order valence-electron chi connectivity index (χ2n) is 6.78. The molecule has 1 aliphatic rings. The molecule has 1 fully saturated rings. The van der Waals surface area contributed by atoms with Gasteiger partial charge in [0.2, 0.25) is 0 Å². The molecule has 1 heterocycles. The minimum absolute atomic E-state index is 0.221. The summed E-state index contributed by atoms with van der Waals surface area (Å²) in [7, 11) is 1.70. The van der Waals surface area contributed by atoms with Crippen molar-refractivity contribution in [1.82, 2.24) is 4.90 Å². The fourth-order valence-electron chi connectivity index (χ4n) is 3.54. The van der Waals surface area contributed by atoms with Crippen LogP contribution in [0.1, 0.15) is 30.4 Å². The van der Waals surface area contributed by atoms with Crippen LogP contribution in [0.4, 0.5) is 0 Å². The molecule has 1 aliphatic heterocycles. The van der Waals surface area contributed by atoms with Crippen LogP contribution in [0.25, 0.3) is 0 Å². The number of aliphatic hydroxyl groups is 1. The average molecular weight is 471 g/mol. The summed E-state index contributed by atoms with van der Waals surface area (Å²) in [6.07, 6.45) is 3.45. The van der Waals surface area contributed by atoms with Crippen LogP contribution in [-0.4, -0.2) is 36.3 Å². The van der Waals surface area contributed by atoms with Crippen LogP contribution in [0, 0.1) is 0 Å². The molecule has 1 N–H and O–H groups in total. The summed E-state index contributed by atoms with van der Waals surface area (Å²) < 4.78 is 6.54. The Kier molecular flexibility index (Phi) is 7.91. The van der Waals surface area contributed by atoms with Gasteiger partial charge in [-0.25, -0.2) is 0 Å². The lowest BCUT2D eigenvalue weighted by atomic mass is 10.0. The monoisotopic (exact) mass is 469 g/mol. The molecule has 0 amide bonds. The van der Waals surface area contributed by atoms with Gasteiger partial charge in [0.15, 0.2) is 0 Å². The van der Waals surface area contributed by atoms with Gasteiger partial charge in [-0.2, -0.15) is 0 Å². The van der Waals surface area contributed by atoms with E-state index in [9.17, 15) is 5.11 Å². The van der Waals surface area contributed by atoms with Gasteiger partial charge in [0.25, 0.3) is 0 Å². The van der Waals surface area contributed by atoms with Crippen LogP contribution in [0.5, 0.6) is 5.75 Å². The van der Waals surface area contributed by atoms with Gasteiger partial charge in [-0.1, -0.05) is 46.1 Å². The molecule has 0 bridgehead atoms. The lowest BCUT2D eigenvalue weighted by molar-refractivity contribution is 0.0835. The number of aliphatic hydroxyl groups excluding tert-OH is 1. The highest BCUT2D eigenvalue weighted by Gasteiger charge is 2.23. The summed E-state index contributed by atoms with van der Waals surface area (Å²) >= 11 is 11.8. The maximum absolute atomic E-state index is 9.71. The molecule has 0 spiro atoms. The van der Waals surface area contributed by atoms with Crippen molar-refractivity contribution in [3.05, 3.63) is 57.0 Å². The predicted molar refractivity (Wildman–Crippen MR) is 117 cm³/mol. The van der Waals surface area contributed by atoms with E-state index in [1.165, 1.54) is 18.4 Å². The zero-order valence-corrected chi connectivity index (χ0v) is 18.6. The maximum atomic E-state index is 9.71. The molecule has 6 heteroatoms. The summed E-state index contributed by atoms with van der Waals surface area (Å²) in [5, 5.41) is 10.5. The van der Waals surface area contributed by atoms with Crippen LogP contribution in [0.3, 0.4) is 0 Å². The Balaban J connectivity index is 1.79. The van der Waals surface area contributed by atoms with E-state index < -0.39 is 0 Å². The number of rotatable bonds is 7. The minimum atomic E-state index is 0.221. The van der Waals surface area contributed by atoms with Crippen LogP contribution in [-0.2, 0) is 12.3 Å². The third-order valence-electron chi connectivity index (χ3n) is 5.00. The first-order chi connectivity index (χ1) is 13.1. The van der Waals surface area contributed by atoms with E-state index in [2.05, 4.69) is 33.0 Å². The third kappa shape index (κ3) is 5.42. The van der Waals surface area contributed by atoms with Crippen molar-refractivity contribution < 1.29 is 9.84 Å². The first kappa shape index (κ1) is 21.0. The van der Waals surface area contributed by atoms with E-state index in [1.54, 1.807) is 18.9 Å². The smallest absolute Gasteiger partial charge is 0.122 e. The normalized spacial score (nSPS) is 17.9. The largest absolute Gasteiger partial charge is 0.496 e. The van der Waals surface area contributed by atoms with Gasteiger partial charge in [0.1, 0.15) is 5.75 Å². The number of thioether (sulfide) groups is 1. The number of piperidine rings is 1. The van der Waals surface area contributed by atoms with Gasteiger partial charge >= 0.3 is 0 Å². The predicted octanol–water partition coefficient (Wildman–Crippen LogP) is 5.75. The Labute approximate surface area is 179 Å². The summed E-state index contributed by atoms with van der Waals surface area (Å²) in [5.41, 5.74) is 2.36. The highest BCUT2D eigenvalue weighted by molar-refractivity contribution is 9.10. The summed E-state index contributed by atoms with van der Waals surface area (Å²) in [5.74, 6) is 1.67. The summed E-state index contributed by atoms with van der Waals surface area (Å²) in [6.45, 7) is 2.07. The standard InChI is InChI=1S/C21H25BrClNO2S/c1-26-20-9-8-17(22)11-16(20)14-27-21-15(5-4-7-19(21)23)12-24-10-3-2-6-18(24)13-25/h4-5,7-9,11,18,25H,2-3,6,10,12-14H2,1H3. The van der Waals surface area contributed by atoms with Gasteiger partial charge in [0.05, 0.1) is 18.7 Å². The van der Waals surface area contributed by atoms with E-state index in [4.69, 9.17) is 16.3 Å². The van der Waals surface area contributed by atoms with Crippen molar-refractivity contribution in [3.63, 3.8) is 0 Å². The maximum Gasteiger partial charge on any atom is 0.122 e. The Bertz CT molecular complexity index is 774. The first-order valence-electron chi connectivity index (χ1n) is 9.20. The van der Waals surface area contributed by atoms with Crippen molar-refractivity contribution >= 4 is 39.3 Å². The van der Waals surface area contributed by atoms with Gasteiger partial charge < -0.3 is 9.84 Å². The second-order valence-corrected chi connectivity index (χ2v) is 9.08. The SMILES string of the molecule is COc1ccc(Br)cc1CSc1c(Cl)cccc1CN1CCCCC1CO. The molecule has 0 aromatic heterocycles. The molecule has 146 valence electrons. The van der Waals surface area contributed by atoms with E-state index >= 15 is 0 Å². The molecule has 2 aromatic carbocycles. The molecular weight excluding hydrogens is 446 g/mol. The molecule has 27 heavy (non-hydrogen) atoms.